The molecule has 0 saturated carbocycles. The Labute approximate surface area is 198 Å². The van der Waals surface area contributed by atoms with Crippen LogP contribution >= 0.6 is 22.9 Å². The highest BCUT2D eigenvalue weighted by atomic mass is 35.5. The first-order chi connectivity index (χ1) is 15.0. The number of thiophene rings is 1. The van der Waals surface area contributed by atoms with Gasteiger partial charge in [0.25, 0.3) is 5.91 Å². The van der Waals surface area contributed by atoms with Crippen molar-refractivity contribution in [2.24, 2.45) is 0 Å². The first-order valence-electron chi connectivity index (χ1n) is 10.9. The maximum Gasteiger partial charge on any atom is 0.254 e. The summed E-state index contributed by atoms with van der Waals surface area (Å²) in [4.78, 5) is 20.2. The highest BCUT2D eigenvalue weighted by Crippen LogP contribution is 2.37. The van der Waals surface area contributed by atoms with Crippen molar-refractivity contribution < 1.29 is 9.90 Å². The summed E-state index contributed by atoms with van der Waals surface area (Å²) in [6.45, 7) is 9.26. The van der Waals surface area contributed by atoms with E-state index in [1.807, 2.05) is 24.4 Å². The number of aliphatic hydroxyl groups is 1. The molecule has 1 fully saturated rings. The standard InChI is InChI=1S/C26H29ClN2O2S/c1-25(2,3)23-14-17(8-10-28-23)19-13-22(32-15-19)20-7-6-18(12-21(20)27)24(30)29-11-5-9-26(4,31)16-29/h6-8,10,12-15,31H,5,9,11,16H2,1-4H3/t26-/m0/s1. The highest BCUT2D eigenvalue weighted by molar-refractivity contribution is 7.14. The molecule has 1 aliphatic rings. The number of aromatic nitrogens is 1. The van der Waals surface area contributed by atoms with Gasteiger partial charge < -0.3 is 10.0 Å². The summed E-state index contributed by atoms with van der Waals surface area (Å²) in [5, 5.41) is 13.0. The van der Waals surface area contributed by atoms with E-state index in [9.17, 15) is 9.90 Å². The molecule has 6 heteroatoms. The zero-order valence-electron chi connectivity index (χ0n) is 19.0. The first kappa shape index (κ1) is 23.0. The molecule has 0 bridgehead atoms. The van der Waals surface area contributed by atoms with E-state index >= 15 is 0 Å². The molecule has 1 aliphatic heterocycles. The Balaban J connectivity index is 1.57. The Morgan fingerprint density at radius 2 is 1.97 bits per heavy atom. The van der Waals surface area contributed by atoms with E-state index in [1.165, 1.54) is 0 Å². The maximum atomic E-state index is 12.9. The van der Waals surface area contributed by atoms with Gasteiger partial charge in [-0.3, -0.25) is 9.78 Å². The largest absolute Gasteiger partial charge is 0.388 e. The molecule has 32 heavy (non-hydrogen) atoms. The summed E-state index contributed by atoms with van der Waals surface area (Å²) >= 11 is 8.25. The molecule has 1 N–H and O–H groups in total. The number of amides is 1. The molecule has 4 nitrogen and oxygen atoms in total. The Hall–Kier alpha value is -2.21. The van der Waals surface area contributed by atoms with Gasteiger partial charge in [0.1, 0.15) is 0 Å². The minimum atomic E-state index is -0.829. The fourth-order valence-electron chi connectivity index (χ4n) is 4.07. The van der Waals surface area contributed by atoms with Crippen LogP contribution in [0.4, 0.5) is 0 Å². The van der Waals surface area contributed by atoms with Crippen LogP contribution in [0.2, 0.25) is 5.02 Å². The van der Waals surface area contributed by atoms with Gasteiger partial charge in [-0.25, -0.2) is 0 Å². The lowest BCUT2D eigenvalue weighted by atomic mass is 9.90. The number of likely N-dealkylation sites (tertiary alicyclic amines) is 1. The lowest BCUT2D eigenvalue weighted by molar-refractivity contribution is -0.0107. The summed E-state index contributed by atoms with van der Waals surface area (Å²) < 4.78 is 0. The van der Waals surface area contributed by atoms with Crippen LogP contribution in [0.25, 0.3) is 21.6 Å². The van der Waals surface area contributed by atoms with Gasteiger partial charge in [-0.05, 0) is 66.6 Å². The van der Waals surface area contributed by atoms with Crippen molar-refractivity contribution in [3.63, 3.8) is 0 Å². The second-order valence-electron chi connectivity index (χ2n) is 9.90. The number of hydrogen-bond acceptors (Lipinski definition) is 4. The average molecular weight is 469 g/mol. The third kappa shape index (κ3) is 4.90. The van der Waals surface area contributed by atoms with Crippen LogP contribution in [-0.2, 0) is 5.41 Å². The van der Waals surface area contributed by atoms with Gasteiger partial charge in [-0.2, -0.15) is 0 Å². The smallest absolute Gasteiger partial charge is 0.254 e. The first-order valence-corrected chi connectivity index (χ1v) is 12.2. The fraction of sp³-hybridized carbons (Fsp3) is 0.385. The molecule has 0 unspecified atom stereocenters. The molecule has 2 aromatic heterocycles. The molecular formula is C26H29ClN2O2S. The Morgan fingerprint density at radius 1 is 1.19 bits per heavy atom. The number of hydrogen-bond donors (Lipinski definition) is 1. The third-order valence-corrected chi connectivity index (χ3v) is 7.18. The Bertz CT molecular complexity index is 1150. The quantitative estimate of drug-likeness (QED) is 0.482. The summed E-state index contributed by atoms with van der Waals surface area (Å²) in [5.41, 5.74) is 3.94. The predicted molar refractivity (Wildman–Crippen MR) is 132 cm³/mol. The van der Waals surface area contributed by atoms with Crippen molar-refractivity contribution in [2.75, 3.05) is 13.1 Å². The number of β-amino-alcohol motifs (C(OH)–C–C–N with tert-alkyl or cyclic N) is 1. The number of nitrogens with zero attached hydrogens (tertiary/aromatic N) is 2. The molecule has 0 radical (unpaired) electrons. The van der Waals surface area contributed by atoms with Crippen molar-refractivity contribution >= 4 is 28.8 Å². The molecule has 1 saturated heterocycles. The van der Waals surface area contributed by atoms with Gasteiger partial charge in [0.15, 0.2) is 0 Å². The molecule has 3 heterocycles. The van der Waals surface area contributed by atoms with E-state index in [1.54, 1.807) is 29.2 Å². The molecule has 0 aliphatic carbocycles. The molecule has 3 aromatic rings. The zero-order valence-corrected chi connectivity index (χ0v) is 20.6. The molecule has 1 amide bonds. The second-order valence-corrected chi connectivity index (χ2v) is 11.2. The van der Waals surface area contributed by atoms with Crippen LogP contribution in [0.3, 0.4) is 0 Å². The zero-order chi connectivity index (χ0) is 23.1. The van der Waals surface area contributed by atoms with E-state index in [0.717, 1.165) is 33.7 Å². The normalized spacial score (nSPS) is 19.2. The van der Waals surface area contributed by atoms with Crippen molar-refractivity contribution in [3.8, 4) is 21.6 Å². The SMILES string of the molecule is CC(C)(C)c1cc(-c2csc(-c3ccc(C(=O)N4CCC[C@](C)(O)C4)cc3Cl)c2)ccn1. The molecule has 0 spiro atoms. The third-order valence-electron chi connectivity index (χ3n) is 5.90. The van der Waals surface area contributed by atoms with Crippen LogP contribution in [0, 0.1) is 0 Å². The minimum absolute atomic E-state index is 0.0115. The van der Waals surface area contributed by atoms with E-state index < -0.39 is 5.60 Å². The summed E-state index contributed by atoms with van der Waals surface area (Å²) in [6, 6.07) is 11.8. The predicted octanol–water partition coefficient (Wildman–Crippen LogP) is 6.42. The van der Waals surface area contributed by atoms with Crippen LogP contribution in [0.1, 0.15) is 56.6 Å². The number of carbonyl (C=O) groups excluding carboxylic acids is 1. The van der Waals surface area contributed by atoms with Crippen molar-refractivity contribution in [1.29, 1.82) is 0 Å². The molecule has 168 valence electrons. The number of pyridine rings is 1. The Kier molecular flexibility index (Phi) is 6.19. The monoisotopic (exact) mass is 468 g/mol. The van der Waals surface area contributed by atoms with Crippen LogP contribution in [-0.4, -0.2) is 39.6 Å². The van der Waals surface area contributed by atoms with Gasteiger partial charge >= 0.3 is 0 Å². The summed E-state index contributed by atoms with van der Waals surface area (Å²) in [6.07, 6.45) is 3.37. The topological polar surface area (TPSA) is 53.4 Å². The van der Waals surface area contributed by atoms with Crippen molar-refractivity contribution in [2.45, 2.75) is 51.6 Å². The number of benzene rings is 1. The summed E-state index contributed by atoms with van der Waals surface area (Å²) in [5.74, 6) is -0.0863. The van der Waals surface area contributed by atoms with Crippen molar-refractivity contribution in [3.05, 3.63) is 64.3 Å². The van der Waals surface area contributed by atoms with E-state index in [4.69, 9.17) is 11.6 Å². The molecule has 1 aromatic carbocycles. The number of rotatable bonds is 3. The van der Waals surface area contributed by atoms with E-state index in [-0.39, 0.29) is 11.3 Å². The molecular weight excluding hydrogens is 440 g/mol. The maximum absolute atomic E-state index is 12.9. The number of halogens is 1. The van der Waals surface area contributed by atoms with Gasteiger partial charge in [-0.15, -0.1) is 11.3 Å². The molecule has 4 rings (SSSR count). The fourth-order valence-corrected chi connectivity index (χ4v) is 5.37. The highest BCUT2D eigenvalue weighted by Gasteiger charge is 2.31. The van der Waals surface area contributed by atoms with Gasteiger partial charge in [0.05, 0.1) is 10.6 Å². The van der Waals surface area contributed by atoms with Crippen LogP contribution in [0.15, 0.2) is 48.0 Å². The number of piperidine rings is 1. The van der Waals surface area contributed by atoms with Crippen LogP contribution in [0.5, 0.6) is 0 Å². The van der Waals surface area contributed by atoms with Gasteiger partial charge in [0.2, 0.25) is 0 Å². The average Bonchev–Trinajstić information content (AvgIpc) is 3.22. The van der Waals surface area contributed by atoms with Gasteiger partial charge in [-0.1, -0.05) is 38.4 Å². The van der Waals surface area contributed by atoms with Crippen molar-refractivity contribution in [1.82, 2.24) is 9.88 Å². The Morgan fingerprint density at radius 3 is 2.66 bits per heavy atom. The molecule has 1 atom stereocenters. The lowest BCUT2D eigenvalue weighted by Gasteiger charge is -2.36. The summed E-state index contributed by atoms with van der Waals surface area (Å²) in [7, 11) is 0. The van der Waals surface area contributed by atoms with Gasteiger partial charge in [0, 0.05) is 46.4 Å². The van der Waals surface area contributed by atoms with E-state index in [2.05, 4.69) is 43.3 Å². The minimum Gasteiger partial charge on any atom is -0.388 e. The second kappa shape index (κ2) is 8.62. The lowest BCUT2D eigenvalue weighted by Crippen LogP contribution is -2.48. The number of carbonyl (C=O) groups is 1. The van der Waals surface area contributed by atoms with E-state index in [0.29, 0.717) is 30.1 Å². The van der Waals surface area contributed by atoms with Crippen LogP contribution < -0.4 is 0 Å².